The number of aromatic nitrogens is 3. The van der Waals surface area contributed by atoms with Crippen LogP contribution >= 0.6 is 0 Å². The molecule has 2 aromatic rings. The molecule has 0 aliphatic heterocycles. The molecular formula is C6H6N4O. The van der Waals surface area contributed by atoms with Crippen molar-refractivity contribution in [2.24, 2.45) is 0 Å². The Morgan fingerprint density at radius 2 is 2.45 bits per heavy atom. The van der Waals surface area contributed by atoms with Gasteiger partial charge in [0.25, 0.3) is 5.56 Å². The fourth-order valence-corrected chi connectivity index (χ4v) is 0.895. The van der Waals surface area contributed by atoms with Crippen LogP contribution in [0.4, 0.5) is 5.69 Å². The summed E-state index contributed by atoms with van der Waals surface area (Å²) in [5.74, 6) is 0. The zero-order valence-electron chi connectivity index (χ0n) is 5.61. The summed E-state index contributed by atoms with van der Waals surface area (Å²) in [5.41, 5.74) is 5.87. The standard InChI is InChI=1S/C6H6N4O/c7-4-3-10-5(1-2-8-10)9-6(4)11/h1-3H,7H2,(H,9,11). The maximum absolute atomic E-state index is 10.9. The van der Waals surface area contributed by atoms with Gasteiger partial charge in [0.15, 0.2) is 0 Å². The fraction of sp³-hybridized carbons (Fsp3) is 0. The lowest BCUT2D eigenvalue weighted by molar-refractivity contribution is 0.934. The first-order valence-corrected chi connectivity index (χ1v) is 3.09. The van der Waals surface area contributed by atoms with Gasteiger partial charge in [-0.1, -0.05) is 0 Å². The summed E-state index contributed by atoms with van der Waals surface area (Å²) in [6.45, 7) is 0. The minimum atomic E-state index is -0.280. The largest absolute Gasteiger partial charge is 0.393 e. The molecule has 0 aliphatic rings. The number of nitrogens with zero attached hydrogens (tertiary/aromatic N) is 2. The van der Waals surface area contributed by atoms with Crippen LogP contribution in [0.5, 0.6) is 0 Å². The second-order valence-corrected chi connectivity index (χ2v) is 2.20. The SMILES string of the molecule is Nc1cn2nccc2[nH]c1=O. The number of nitrogen functional groups attached to an aromatic ring is 1. The van der Waals surface area contributed by atoms with Crippen molar-refractivity contribution >= 4 is 11.3 Å². The van der Waals surface area contributed by atoms with Crippen molar-refractivity contribution in [1.82, 2.24) is 14.6 Å². The summed E-state index contributed by atoms with van der Waals surface area (Å²) in [6.07, 6.45) is 3.07. The van der Waals surface area contributed by atoms with Crippen LogP contribution in [-0.2, 0) is 0 Å². The number of hydrogen-bond donors (Lipinski definition) is 2. The van der Waals surface area contributed by atoms with Crippen LogP contribution < -0.4 is 11.3 Å². The lowest BCUT2D eigenvalue weighted by atomic mass is 10.5. The molecule has 0 fully saturated rings. The minimum absolute atomic E-state index is 0.168. The Morgan fingerprint density at radius 1 is 1.64 bits per heavy atom. The van der Waals surface area contributed by atoms with Gasteiger partial charge in [-0.05, 0) is 0 Å². The molecule has 0 amide bonds. The van der Waals surface area contributed by atoms with Gasteiger partial charge in [-0.25, -0.2) is 4.52 Å². The Kier molecular flexibility index (Phi) is 1.00. The van der Waals surface area contributed by atoms with Crippen molar-refractivity contribution in [2.45, 2.75) is 0 Å². The molecule has 5 heteroatoms. The molecule has 2 rings (SSSR count). The Bertz CT molecular complexity index is 441. The van der Waals surface area contributed by atoms with Gasteiger partial charge < -0.3 is 10.7 Å². The number of hydrogen-bond acceptors (Lipinski definition) is 3. The topological polar surface area (TPSA) is 76.2 Å². The highest BCUT2D eigenvalue weighted by Gasteiger charge is 1.96. The monoisotopic (exact) mass is 150 g/mol. The molecule has 2 heterocycles. The first-order chi connectivity index (χ1) is 5.27. The number of H-pyrrole nitrogens is 1. The van der Waals surface area contributed by atoms with E-state index in [1.54, 1.807) is 12.3 Å². The van der Waals surface area contributed by atoms with Crippen LogP contribution in [-0.4, -0.2) is 14.6 Å². The molecule has 0 radical (unpaired) electrons. The van der Waals surface area contributed by atoms with E-state index in [0.717, 1.165) is 0 Å². The van der Waals surface area contributed by atoms with Gasteiger partial charge in [-0.2, -0.15) is 5.10 Å². The normalized spacial score (nSPS) is 10.5. The Morgan fingerprint density at radius 3 is 3.27 bits per heavy atom. The molecule has 0 aliphatic carbocycles. The predicted molar refractivity (Wildman–Crippen MR) is 40.2 cm³/mol. The smallest absolute Gasteiger partial charge is 0.274 e. The quantitative estimate of drug-likeness (QED) is 0.536. The van der Waals surface area contributed by atoms with E-state index < -0.39 is 0 Å². The van der Waals surface area contributed by atoms with Crippen LogP contribution in [0.1, 0.15) is 0 Å². The van der Waals surface area contributed by atoms with E-state index in [4.69, 9.17) is 5.73 Å². The van der Waals surface area contributed by atoms with Gasteiger partial charge in [-0.3, -0.25) is 4.79 Å². The van der Waals surface area contributed by atoms with Gasteiger partial charge in [0, 0.05) is 6.07 Å². The van der Waals surface area contributed by atoms with E-state index in [0.29, 0.717) is 5.65 Å². The summed E-state index contributed by atoms with van der Waals surface area (Å²) in [6, 6.07) is 1.70. The maximum atomic E-state index is 10.9. The van der Waals surface area contributed by atoms with Crippen LogP contribution in [0.25, 0.3) is 5.65 Å². The van der Waals surface area contributed by atoms with E-state index >= 15 is 0 Å². The predicted octanol–water partition coefficient (Wildman–Crippen LogP) is -0.395. The number of rotatable bonds is 0. The highest BCUT2D eigenvalue weighted by molar-refractivity contribution is 5.42. The second-order valence-electron chi connectivity index (χ2n) is 2.20. The van der Waals surface area contributed by atoms with Crippen LogP contribution in [0.15, 0.2) is 23.3 Å². The molecule has 56 valence electrons. The average Bonchev–Trinajstić information content (AvgIpc) is 2.36. The second kappa shape index (κ2) is 1.85. The first-order valence-electron chi connectivity index (χ1n) is 3.09. The van der Waals surface area contributed by atoms with E-state index in [-0.39, 0.29) is 11.2 Å². The molecule has 2 aromatic heterocycles. The summed E-state index contributed by atoms with van der Waals surface area (Å²) >= 11 is 0. The molecule has 0 saturated carbocycles. The maximum Gasteiger partial charge on any atom is 0.274 e. The third-order valence-corrected chi connectivity index (χ3v) is 1.44. The summed E-state index contributed by atoms with van der Waals surface area (Å²) in [5, 5.41) is 3.89. The Hall–Kier alpha value is -1.78. The van der Waals surface area contributed by atoms with Crippen molar-refractivity contribution in [3.05, 3.63) is 28.8 Å². The van der Waals surface area contributed by atoms with Crippen molar-refractivity contribution in [3.63, 3.8) is 0 Å². The van der Waals surface area contributed by atoms with Crippen LogP contribution in [0, 0.1) is 0 Å². The first kappa shape index (κ1) is 5.96. The zero-order chi connectivity index (χ0) is 7.84. The van der Waals surface area contributed by atoms with E-state index in [1.807, 2.05) is 0 Å². The molecule has 0 bridgehead atoms. The van der Waals surface area contributed by atoms with Crippen molar-refractivity contribution < 1.29 is 0 Å². The van der Waals surface area contributed by atoms with Gasteiger partial charge in [0.1, 0.15) is 11.3 Å². The molecule has 0 saturated heterocycles. The molecule has 11 heavy (non-hydrogen) atoms. The van der Waals surface area contributed by atoms with Gasteiger partial charge >= 0.3 is 0 Å². The molecule has 3 N–H and O–H groups in total. The van der Waals surface area contributed by atoms with Crippen LogP contribution in [0.2, 0.25) is 0 Å². The molecule has 0 unspecified atom stereocenters. The zero-order valence-corrected chi connectivity index (χ0v) is 5.61. The highest BCUT2D eigenvalue weighted by Crippen LogP contribution is 1.96. The molecular weight excluding hydrogens is 144 g/mol. The Balaban J connectivity index is 2.97. The van der Waals surface area contributed by atoms with Crippen LogP contribution in [0.3, 0.4) is 0 Å². The lowest BCUT2D eigenvalue weighted by Gasteiger charge is -1.93. The van der Waals surface area contributed by atoms with Crippen molar-refractivity contribution in [2.75, 3.05) is 5.73 Å². The third kappa shape index (κ3) is 0.778. The summed E-state index contributed by atoms with van der Waals surface area (Å²) in [4.78, 5) is 13.5. The molecule has 0 spiro atoms. The third-order valence-electron chi connectivity index (χ3n) is 1.44. The number of nitrogens with two attached hydrogens (primary N) is 1. The van der Waals surface area contributed by atoms with Gasteiger partial charge in [0.2, 0.25) is 0 Å². The van der Waals surface area contributed by atoms with E-state index in [9.17, 15) is 4.79 Å². The summed E-state index contributed by atoms with van der Waals surface area (Å²) < 4.78 is 1.51. The van der Waals surface area contributed by atoms with Gasteiger partial charge in [-0.15, -0.1) is 0 Å². The molecule has 5 nitrogen and oxygen atoms in total. The fourth-order valence-electron chi connectivity index (χ4n) is 0.895. The molecule has 0 aromatic carbocycles. The van der Waals surface area contributed by atoms with E-state index in [2.05, 4.69) is 10.1 Å². The molecule has 0 atom stereocenters. The number of fused-ring (bicyclic) bond motifs is 1. The minimum Gasteiger partial charge on any atom is -0.393 e. The number of aromatic amines is 1. The van der Waals surface area contributed by atoms with Gasteiger partial charge in [0.05, 0.1) is 12.4 Å². The Labute approximate surface area is 61.5 Å². The number of anilines is 1. The summed E-state index contributed by atoms with van der Waals surface area (Å²) in [7, 11) is 0. The average molecular weight is 150 g/mol. The highest BCUT2D eigenvalue weighted by atomic mass is 16.1. The lowest BCUT2D eigenvalue weighted by Crippen LogP contribution is -2.13. The number of nitrogens with one attached hydrogen (secondary N) is 1. The van der Waals surface area contributed by atoms with Crippen molar-refractivity contribution in [1.29, 1.82) is 0 Å². The van der Waals surface area contributed by atoms with E-state index in [1.165, 1.54) is 10.7 Å². The van der Waals surface area contributed by atoms with Crippen molar-refractivity contribution in [3.8, 4) is 0 Å².